The normalized spacial score (nSPS) is 16.4. The molecule has 1 aromatic rings. The molecule has 1 aliphatic carbocycles. The predicted octanol–water partition coefficient (Wildman–Crippen LogP) is 3.98. The van der Waals surface area contributed by atoms with Gasteiger partial charge in [-0.25, -0.2) is 0 Å². The maximum Gasteiger partial charge on any atom is 0.0366 e. The van der Waals surface area contributed by atoms with Gasteiger partial charge in [0.15, 0.2) is 0 Å². The number of rotatable bonds is 8. The Balaban J connectivity index is 2.02. The minimum absolute atomic E-state index is 0.498. The van der Waals surface area contributed by atoms with Crippen molar-refractivity contribution < 1.29 is 0 Å². The second-order valence-electron chi connectivity index (χ2n) is 5.59. The van der Waals surface area contributed by atoms with Crippen LogP contribution in [0, 0.1) is 5.92 Å². The first-order valence-corrected chi connectivity index (χ1v) is 7.86. The molecule has 0 aromatic heterocycles. The number of nitrogens with one attached hydrogen (secondary N) is 1. The minimum atomic E-state index is 0.498. The number of nitrogens with zero attached hydrogens (tertiary/aromatic N) is 1. The molecule has 1 fully saturated rings. The van der Waals surface area contributed by atoms with Gasteiger partial charge in [-0.15, -0.1) is 0 Å². The van der Waals surface area contributed by atoms with E-state index < -0.39 is 0 Å². The van der Waals surface area contributed by atoms with Crippen molar-refractivity contribution in [3.05, 3.63) is 29.8 Å². The summed E-state index contributed by atoms with van der Waals surface area (Å²) in [6, 6.07) is 9.67. The Bertz CT molecular complexity index is 367. The van der Waals surface area contributed by atoms with Crippen LogP contribution < -0.4 is 10.2 Å². The molecule has 0 saturated heterocycles. The summed E-state index contributed by atoms with van der Waals surface area (Å²) in [6.45, 7) is 10.0. The van der Waals surface area contributed by atoms with E-state index >= 15 is 0 Å². The molecular formula is C17H28N2. The van der Waals surface area contributed by atoms with E-state index in [0.717, 1.165) is 25.4 Å². The van der Waals surface area contributed by atoms with Crippen LogP contribution in [0.5, 0.6) is 0 Å². The van der Waals surface area contributed by atoms with Crippen molar-refractivity contribution in [1.29, 1.82) is 0 Å². The van der Waals surface area contributed by atoms with E-state index in [1.807, 2.05) is 0 Å². The van der Waals surface area contributed by atoms with Gasteiger partial charge in [0.1, 0.15) is 0 Å². The molecule has 106 valence electrons. The third kappa shape index (κ3) is 3.97. The van der Waals surface area contributed by atoms with Gasteiger partial charge in [0.2, 0.25) is 0 Å². The van der Waals surface area contributed by atoms with E-state index in [-0.39, 0.29) is 0 Å². The summed E-state index contributed by atoms with van der Waals surface area (Å²) in [5.74, 6) is 0.949. The van der Waals surface area contributed by atoms with Crippen LogP contribution in [0.25, 0.3) is 0 Å². The second kappa shape index (κ2) is 6.95. The summed E-state index contributed by atoms with van der Waals surface area (Å²) in [5, 5.41) is 3.54. The minimum Gasteiger partial charge on any atom is -0.372 e. The maximum atomic E-state index is 3.54. The number of benzene rings is 1. The summed E-state index contributed by atoms with van der Waals surface area (Å²) in [7, 11) is 0. The number of anilines is 1. The smallest absolute Gasteiger partial charge is 0.0366 e. The Kier molecular flexibility index (Phi) is 5.26. The molecule has 2 rings (SSSR count). The quantitative estimate of drug-likeness (QED) is 0.760. The van der Waals surface area contributed by atoms with Crippen molar-refractivity contribution in [3.63, 3.8) is 0 Å². The topological polar surface area (TPSA) is 15.3 Å². The molecule has 19 heavy (non-hydrogen) atoms. The van der Waals surface area contributed by atoms with Gasteiger partial charge in [-0.1, -0.05) is 26.0 Å². The monoisotopic (exact) mass is 260 g/mol. The van der Waals surface area contributed by atoms with Crippen molar-refractivity contribution >= 4 is 5.69 Å². The fraction of sp³-hybridized carbons (Fsp3) is 0.647. The van der Waals surface area contributed by atoms with Crippen LogP contribution in [0.4, 0.5) is 5.69 Å². The van der Waals surface area contributed by atoms with E-state index in [1.165, 1.54) is 30.6 Å². The average molecular weight is 260 g/mol. The molecule has 0 spiro atoms. The van der Waals surface area contributed by atoms with Gasteiger partial charge in [-0.05, 0) is 56.3 Å². The average Bonchev–Trinajstić information content (AvgIpc) is 3.26. The first kappa shape index (κ1) is 14.4. The molecule has 2 nitrogen and oxygen atoms in total. The zero-order valence-electron chi connectivity index (χ0n) is 12.7. The lowest BCUT2D eigenvalue weighted by molar-refractivity contribution is 0.537. The lowest BCUT2D eigenvalue weighted by atomic mass is 10.0. The molecule has 0 heterocycles. The van der Waals surface area contributed by atoms with Gasteiger partial charge in [-0.2, -0.15) is 0 Å². The van der Waals surface area contributed by atoms with Gasteiger partial charge in [0, 0.05) is 24.8 Å². The van der Waals surface area contributed by atoms with Crippen LogP contribution in [-0.4, -0.2) is 19.6 Å². The highest BCUT2D eigenvalue weighted by Crippen LogP contribution is 2.31. The molecule has 0 bridgehead atoms. The highest BCUT2D eigenvalue weighted by Gasteiger charge is 2.23. The molecule has 0 amide bonds. The Morgan fingerprint density at radius 3 is 2.32 bits per heavy atom. The van der Waals surface area contributed by atoms with E-state index in [0.29, 0.717) is 6.04 Å². The Hall–Kier alpha value is -1.02. The molecule has 1 unspecified atom stereocenters. The molecule has 1 N–H and O–H groups in total. The van der Waals surface area contributed by atoms with Crippen molar-refractivity contribution in [2.75, 3.05) is 24.5 Å². The second-order valence-corrected chi connectivity index (χ2v) is 5.59. The van der Waals surface area contributed by atoms with Gasteiger partial charge in [0.25, 0.3) is 0 Å². The zero-order valence-corrected chi connectivity index (χ0v) is 12.7. The van der Waals surface area contributed by atoms with E-state index in [9.17, 15) is 0 Å². The van der Waals surface area contributed by atoms with E-state index in [4.69, 9.17) is 0 Å². The van der Waals surface area contributed by atoms with Crippen LogP contribution in [0.15, 0.2) is 24.3 Å². The Morgan fingerprint density at radius 2 is 1.84 bits per heavy atom. The first-order valence-electron chi connectivity index (χ1n) is 7.86. The van der Waals surface area contributed by atoms with Gasteiger partial charge < -0.3 is 10.2 Å². The number of hydrogen-bond acceptors (Lipinski definition) is 2. The predicted molar refractivity (Wildman–Crippen MR) is 83.8 cm³/mol. The zero-order chi connectivity index (χ0) is 13.7. The van der Waals surface area contributed by atoms with E-state index in [1.54, 1.807) is 0 Å². The first-order chi connectivity index (χ1) is 9.28. The molecule has 2 heteroatoms. The lowest BCUT2D eigenvalue weighted by Gasteiger charge is -2.24. The maximum absolute atomic E-state index is 3.54. The van der Waals surface area contributed by atoms with Crippen molar-refractivity contribution in [1.82, 2.24) is 5.32 Å². The fourth-order valence-corrected chi connectivity index (χ4v) is 2.69. The molecule has 1 atom stereocenters. The summed E-state index contributed by atoms with van der Waals surface area (Å²) in [4.78, 5) is 2.51. The molecular weight excluding hydrogens is 232 g/mol. The third-order valence-electron chi connectivity index (χ3n) is 4.08. The summed E-state index contributed by atoms with van der Waals surface area (Å²) >= 11 is 0. The Labute approximate surface area is 118 Å². The van der Waals surface area contributed by atoms with Crippen molar-refractivity contribution in [2.45, 2.75) is 46.1 Å². The highest BCUT2D eigenvalue weighted by molar-refractivity contribution is 5.48. The highest BCUT2D eigenvalue weighted by atomic mass is 15.1. The standard InChI is InChI=1S/C17H28N2/c1-4-17(18-5-2)15-9-11-16(12-10-15)19(6-3)13-14-7-8-14/h9-12,14,17-18H,4-8,13H2,1-3H3. The van der Waals surface area contributed by atoms with Gasteiger partial charge >= 0.3 is 0 Å². The largest absolute Gasteiger partial charge is 0.372 e. The van der Waals surface area contributed by atoms with Crippen molar-refractivity contribution in [3.8, 4) is 0 Å². The van der Waals surface area contributed by atoms with Crippen LogP contribution in [0.1, 0.15) is 51.6 Å². The molecule has 0 aliphatic heterocycles. The van der Waals surface area contributed by atoms with Crippen LogP contribution in [0.3, 0.4) is 0 Å². The number of hydrogen-bond donors (Lipinski definition) is 1. The summed E-state index contributed by atoms with van der Waals surface area (Å²) in [6.07, 6.45) is 3.99. The lowest BCUT2D eigenvalue weighted by Crippen LogP contribution is -2.25. The molecule has 1 aromatic carbocycles. The van der Waals surface area contributed by atoms with Crippen LogP contribution >= 0.6 is 0 Å². The Morgan fingerprint density at radius 1 is 1.16 bits per heavy atom. The van der Waals surface area contributed by atoms with Gasteiger partial charge in [-0.3, -0.25) is 0 Å². The van der Waals surface area contributed by atoms with E-state index in [2.05, 4.69) is 55.3 Å². The van der Waals surface area contributed by atoms with Crippen LogP contribution in [0.2, 0.25) is 0 Å². The van der Waals surface area contributed by atoms with Crippen molar-refractivity contribution in [2.24, 2.45) is 5.92 Å². The van der Waals surface area contributed by atoms with Gasteiger partial charge in [0.05, 0.1) is 0 Å². The molecule has 0 radical (unpaired) electrons. The summed E-state index contributed by atoms with van der Waals surface area (Å²) < 4.78 is 0. The molecule has 1 saturated carbocycles. The summed E-state index contributed by atoms with van der Waals surface area (Å²) in [5.41, 5.74) is 2.79. The third-order valence-corrected chi connectivity index (χ3v) is 4.08. The molecule has 1 aliphatic rings. The SMILES string of the molecule is CCNC(CC)c1ccc(N(CC)CC2CC2)cc1. The fourth-order valence-electron chi connectivity index (χ4n) is 2.69. The van der Waals surface area contributed by atoms with Crippen LogP contribution in [-0.2, 0) is 0 Å².